The van der Waals surface area contributed by atoms with E-state index in [1.54, 1.807) is 6.07 Å². The number of benzene rings is 2. The van der Waals surface area contributed by atoms with Crippen LogP contribution in [0.1, 0.15) is 42.5 Å². The Morgan fingerprint density at radius 2 is 1.77 bits per heavy atom. The topological polar surface area (TPSA) is 68.3 Å². The van der Waals surface area contributed by atoms with Crippen LogP contribution in [-0.2, 0) is 9.53 Å². The van der Waals surface area contributed by atoms with Crippen LogP contribution in [-0.4, -0.2) is 29.5 Å². The van der Waals surface area contributed by atoms with Crippen molar-refractivity contribution in [2.24, 2.45) is 0 Å². The lowest BCUT2D eigenvalue weighted by molar-refractivity contribution is -0.125. The Balaban J connectivity index is 1.53. The van der Waals surface area contributed by atoms with E-state index in [0.717, 1.165) is 35.7 Å². The first kappa shape index (κ1) is 20.5. The van der Waals surface area contributed by atoms with E-state index in [0.29, 0.717) is 22.2 Å². The lowest BCUT2D eigenvalue weighted by atomic mass is 9.95. The molecule has 1 N–H and O–H groups in total. The molecule has 6 heteroatoms. The molecule has 1 saturated carbocycles. The SMILES string of the molecule is O=C(COC(=O)c1cc(-c2ccc(Br)cc2)nc2ccccc12)NC1CCCCC1. The number of pyridine rings is 1. The van der Waals surface area contributed by atoms with Gasteiger partial charge in [-0.1, -0.05) is 65.5 Å². The van der Waals surface area contributed by atoms with Gasteiger partial charge in [-0.25, -0.2) is 9.78 Å². The molecule has 0 unspecified atom stereocenters. The Hall–Kier alpha value is -2.73. The molecule has 0 radical (unpaired) electrons. The quantitative estimate of drug-likeness (QED) is 0.520. The van der Waals surface area contributed by atoms with Crippen molar-refractivity contribution in [3.8, 4) is 11.3 Å². The molecular weight excluding hydrogens is 444 g/mol. The number of halogens is 1. The first-order chi connectivity index (χ1) is 14.6. The molecule has 1 aliphatic rings. The summed E-state index contributed by atoms with van der Waals surface area (Å²) in [6.07, 6.45) is 5.47. The van der Waals surface area contributed by atoms with Crippen LogP contribution in [0.5, 0.6) is 0 Å². The van der Waals surface area contributed by atoms with E-state index in [1.807, 2.05) is 48.5 Å². The fraction of sp³-hybridized carbons (Fsp3) is 0.292. The number of carbonyl (C=O) groups excluding carboxylic acids is 2. The predicted octanol–water partition coefficient (Wildman–Crippen LogP) is 5.27. The smallest absolute Gasteiger partial charge is 0.339 e. The lowest BCUT2D eigenvalue weighted by Crippen LogP contribution is -2.38. The fourth-order valence-electron chi connectivity index (χ4n) is 3.84. The zero-order valence-corrected chi connectivity index (χ0v) is 18.2. The van der Waals surface area contributed by atoms with Crippen molar-refractivity contribution in [2.75, 3.05) is 6.61 Å². The Morgan fingerprint density at radius 3 is 2.53 bits per heavy atom. The molecule has 4 rings (SSSR count). The minimum Gasteiger partial charge on any atom is -0.452 e. The van der Waals surface area contributed by atoms with E-state index in [-0.39, 0.29) is 18.6 Å². The highest BCUT2D eigenvalue weighted by atomic mass is 79.9. The molecule has 1 aliphatic carbocycles. The third kappa shape index (κ3) is 4.87. The van der Waals surface area contributed by atoms with Crippen LogP contribution in [0.2, 0.25) is 0 Å². The molecule has 0 atom stereocenters. The third-order valence-electron chi connectivity index (χ3n) is 5.38. The van der Waals surface area contributed by atoms with Crippen LogP contribution in [0.15, 0.2) is 59.1 Å². The van der Waals surface area contributed by atoms with Gasteiger partial charge in [0.2, 0.25) is 0 Å². The number of fused-ring (bicyclic) bond motifs is 1. The third-order valence-corrected chi connectivity index (χ3v) is 5.91. The minimum atomic E-state index is -0.522. The second-order valence-corrected chi connectivity index (χ2v) is 8.47. The van der Waals surface area contributed by atoms with Crippen LogP contribution in [0.3, 0.4) is 0 Å². The van der Waals surface area contributed by atoms with Gasteiger partial charge in [-0.3, -0.25) is 4.79 Å². The van der Waals surface area contributed by atoms with E-state index in [1.165, 1.54) is 6.42 Å². The Bertz CT molecular complexity index is 1060. The maximum atomic E-state index is 12.9. The summed E-state index contributed by atoms with van der Waals surface area (Å²) in [5.74, 6) is -0.771. The molecule has 1 heterocycles. The van der Waals surface area contributed by atoms with Crippen LogP contribution in [0, 0.1) is 0 Å². The van der Waals surface area contributed by atoms with Crippen molar-refractivity contribution in [3.05, 3.63) is 64.6 Å². The van der Waals surface area contributed by atoms with Crippen LogP contribution >= 0.6 is 15.9 Å². The van der Waals surface area contributed by atoms with Gasteiger partial charge in [0.1, 0.15) is 0 Å². The molecule has 3 aromatic rings. The van der Waals surface area contributed by atoms with Crippen molar-refractivity contribution in [1.29, 1.82) is 0 Å². The average Bonchev–Trinajstić information content (AvgIpc) is 2.78. The van der Waals surface area contributed by atoms with Crippen LogP contribution in [0.4, 0.5) is 0 Å². The highest BCUT2D eigenvalue weighted by Gasteiger charge is 2.19. The standard InChI is InChI=1S/C24H23BrN2O3/c25-17-12-10-16(11-13-17)22-14-20(19-8-4-5-9-21(19)27-22)24(29)30-15-23(28)26-18-6-2-1-3-7-18/h4-5,8-14,18H,1-3,6-7,15H2,(H,26,28). The molecule has 1 aromatic heterocycles. The number of hydrogen-bond acceptors (Lipinski definition) is 4. The van der Waals surface area contributed by atoms with E-state index in [9.17, 15) is 9.59 Å². The number of para-hydroxylation sites is 1. The zero-order chi connectivity index (χ0) is 20.9. The molecule has 2 aromatic carbocycles. The van der Waals surface area contributed by atoms with Gasteiger partial charge in [0.05, 0.1) is 16.8 Å². The average molecular weight is 467 g/mol. The second kappa shape index (κ2) is 9.39. The first-order valence-electron chi connectivity index (χ1n) is 10.2. The number of hydrogen-bond donors (Lipinski definition) is 1. The molecule has 1 amide bonds. The maximum absolute atomic E-state index is 12.9. The summed E-state index contributed by atoms with van der Waals surface area (Å²) in [6, 6.07) is 17.1. The van der Waals surface area contributed by atoms with Crippen molar-refractivity contribution in [2.45, 2.75) is 38.1 Å². The van der Waals surface area contributed by atoms with Crippen molar-refractivity contribution in [3.63, 3.8) is 0 Å². The lowest BCUT2D eigenvalue weighted by Gasteiger charge is -2.22. The number of amides is 1. The van der Waals surface area contributed by atoms with Gasteiger partial charge in [0.15, 0.2) is 6.61 Å². The van der Waals surface area contributed by atoms with E-state index in [2.05, 4.69) is 26.2 Å². The molecule has 0 saturated heterocycles. The van der Waals surface area contributed by atoms with Crippen molar-refractivity contribution >= 4 is 38.7 Å². The van der Waals surface area contributed by atoms with Gasteiger partial charge in [-0.15, -0.1) is 0 Å². The molecule has 154 valence electrons. The van der Waals surface area contributed by atoms with Gasteiger partial charge in [0, 0.05) is 21.5 Å². The van der Waals surface area contributed by atoms with Crippen molar-refractivity contribution < 1.29 is 14.3 Å². The number of nitrogens with zero attached hydrogens (tertiary/aromatic N) is 1. The summed E-state index contributed by atoms with van der Waals surface area (Å²) in [5.41, 5.74) is 2.69. The summed E-state index contributed by atoms with van der Waals surface area (Å²) in [6.45, 7) is -0.278. The Kier molecular flexibility index (Phi) is 6.43. The molecular formula is C24H23BrN2O3. The fourth-order valence-corrected chi connectivity index (χ4v) is 4.10. The van der Waals surface area contributed by atoms with Gasteiger partial charge in [0.25, 0.3) is 5.91 Å². The van der Waals surface area contributed by atoms with Crippen LogP contribution < -0.4 is 5.32 Å². The summed E-state index contributed by atoms with van der Waals surface area (Å²) in [7, 11) is 0. The molecule has 1 fully saturated rings. The van der Waals surface area contributed by atoms with E-state index < -0.39 is 5.97 Å². The Labute approximate surface area is 184 Å². The number of carbonyl (C=O) groups is 2. The number of esters is 1. The van der Waals surface area contributed by atoms with Gasteiger partial charge >= 0.3 is 5.97 Å². The van der Waals surface area contributed by atoms with Crippen molar-refractivity contribution in [1.82, 2.24) is 10.3 Å². The monoisotopic (exact) mass is 466 g/mol. The van der Waals surface area contributed by atoms with Gasteiger partial charge in [-0.2, -0.15) is 0 Å². The first-order valence-corrected chi connectivity index (χ1v) is 11.0. The zero-order valence-electron chi connectivity index (χ0n) is 16.6. The summed E-state index contributed by atoms with van der Waals surface area (Å²) in [5, 5.41) is 3.68. The highest BCUT2D eigenvalue weighted by molar-refractivity contribution is 9.10. The van der Waals surface area contributed by atoms with E-state index >= 15 is 0 Å². The molecule has 0 bridgehead atoms. The second-order valence-electron chi connectivity index (χ2n) is 7.56. The van der Waals surface area contributed by atoms with Gasteiger partial charge < -0.3 is 10.1 Å². The normalized spacial score (nSPS) is 14.4. The summed E-state index contributed by atoms with van der Waals surface area (Å²) >= 11 is 3.43. The Morgan fingerprint density at radius 1 is 1.03 bits per heavy atom. The molecule has 5 nitrogen and oxygen atoms in total. The predicted molar refractivity (Wildman–Crippen MR) is 120 cm³/mol. The highest BCUT2D eigenvalue weighted by Crippen LogP contribution is 2.26. The summed E-state index contributed by atoms with van der Waals surface area (Å²) < 4.78 is 6.33. The largest absolute Gasteiger partial charge is 0.452 e. The minimum absolute atomic E-state index is 0.190. The molecule has 30 heavy (non-hydrogen) atoms. The van der Waals surface area contributed by atoms with Crippen LogP contribution in [0.25, 0.3) is 22.2 Å². The number of rotatable bonds is 5. The number of aromatic nitrogens is 1. The number of nitrogens with one attached hydrogen (secondary N) is 1. The summed E-state index contributed by atoms with van der Waals surface area (Å²) in [4.78, 5) is 29.8. The van der Waals surface area contributed by atoms with E-state index in [4.69, 9.17) is 4.74 Å². The maximum Gasteiger partial charge on any atom is 0.339 e. The molecule has 0 aliphatic heterocycles. The van der Waals surface area contributed by atoms with Gasteiger partial charge in [-0.05, 0) is 37.1 Å². The molecule has 0 spiro atoms. The number of ether oxygens (including phenoxy) is 1.